The summed E-state index contributed by atoms with van der Waals surface area (Å²) in [5, 5.41) is 13.0. The lowest BCUT2D eigenvalue weighted by atomic mass is 10.2. The van der Waals surface area contributed by atoms with E-state index < -0.39 is 34.4 Å². The van der Waals surface area contributed by atoms with Gasteiger partial charge in [0.15, 0.2) is 6.10 Å². The van der Waals surface area contributed by atoms with E-state index in [1.165, 1.54) is 6.92 Å². The van der Waals surface area contributed by atoms with Crippen molar-refractivity contribution >= 4 is 23.3 Å². The number of carbonyl (C=O) groups is 2. The Morgan fingerprint density at radius 1 is 1.42 bits per heavy atom. The smallest absolute Gasteiger partial charge is 0.377 e. The minimum Gasteiger partial charge on any atom is -0.493 e. The number of hydrogen-bond acceptors (Lipinski definition) is 7. The minimum atomic E-state index is -1.21. The van der Waals surface area contributed by atoms with Gasteiger partial charge in [0.25, 0.3) is 5.91 Å². The highest BCUT2D eigenvalue weighted by atomic mass is 19.1. The maximum absolute atomic E-state index is 13.2. The molecule has 1 aliphatic heterocycles. The van der Waals surface area contributed by atoms with Crippen LogP contribution in [-0.4, -0.2) is 36.1 Å². The summed E-state index contributed by atoms with van der Waals surface area (Å²) in [6.45, 7) is 1.78. The van der Waals surface area contributed by atoms with E-state index >= 15 is 0 Å². The van der Waals surface area contributed by atoms with Crippen molar-refractivity contribution in [3.8, 4) is 0 Å². The zero-order valence-corrected chi connectivity index (χ0v) is 12.5. The van der Waals surface area contributed by atoms with Crippen LogP contribution >= 0.6 is 0 Å². The molecule has 9 nitrogen and oxygen atoms in total. The zero-order valence-electron chi connectivity index (χ0n) is 12.5. The van der Waals surface area contributed by atoms with Crippen molar-refractivity contribution in [1.82, 2.24) is 0 Å². The summed E-state index contributed by atoms with van der Waals surface area (Å²) in [4.78, 5) is 33.4. The van der Waals surface area contributed by atoms with Gasteiger partial charge in [-0.05, 0) is 19.1 Å². The maximum atomic E-state index is 13.2. The SMILES string of the molecule is C[C@@H](OC(=O)C1=COCCO1)C(=O)Nc1ccc(F)c([N+](=O)[O-])c1. The normalized spacial score (nSPS) is 14.5. The fourth-order valence-electron chi connectivity index (χ4n) is 1.72. The van der Waals surface area contributed by atoms with Crippen molar-refractivity contribution in [2.45, 2.75) is 13.0 Å². The van der Waals surface area contributed by atoms with Gasteiger partial charge in [-0.15, -0.1) is 0 Å². The lowest BCUT2D eigenvalue weighted by molar-refractivity contribution is -0.387. The number of nitro benzene ring substituents is 1. The van der Waals surface area contributed by atoms with Gasteiger partial charge in [0.1, 0.15) is 19.5 Å². The van der Waals surface area contributed by atoms with Crippen molar-refractivity contribution in [2.75, 3.05) is 18.5 Å². The van der Waals surface area contributed by atoms with Gasteiger partial charge in [0.05, 0.1) is 4.92 Å². The first-order valence-corrected chi connectivity index (χ1v) is 6.79. The van der Waals surface area contributed by atoms with Gasteiger partial charge in [-0.25, -0.2) is 4.79 Å². The zero-order chi connectivity index (χ0) is 17.7. The number of nitrogens with zero attached hydrogens (tertiary/aromatic N) is 1. The third-order valence-electron chi connectivity index (χ3n) is 2.91. The third kappa shape index (κ3) is 4.18. The Morgan fingerprint density at radius 2 is 2.17 bits per heavy atom. The number of nitro groups is 1. The molecule has 1 atom stereocenters. The minimum absolute atomic E-state index is 0.00698. The molecule has 0 fully saturated rings. The summed E-state index contributed by atoms with van der Waals surface area (Å²) < 4.78 is 28.0. The first-order chi connectivity index (χ1) is 11.4. The van der Waals surface area contributed by atoms with E-state index in [-0.39, 0.29) is 18.1 Å². The van der Waals surface area contributed by atoms with Crippen LogP contribution in [0, 0.1) is 15.9 Å². The van der Waals surface area contributed by atoms with E-state index in [1.807, 2.05) is 0 Å². The summed E-state index contributed by atoms with van der Waals surface area (Å²) in [6, 6.07) is 2.86. The van der Waals surface area contributed by atoms with Crippen molar-refractivity contribution in [3.63, 3.8) is 0 Å². The van der Waals surface area contributed by atoms with Gasteiger partial charge >= 0.3 is 11.7 Å². The Balaban J connectivity index is 1.98. The second kappa shape index (κ2) is 7.40. The van der Waals surface area contributed by atoms with Gasteiger partial charge in [0.2, 0.25) is 11.6 Å². The predicted octanol–water partition coefficient (Wildman–Crippen LogP) is 1.49. The molecule has 24 heavy (non-hydrogen) atoms. The average molecular weight is 340 g/mol. The summed E-state index contributed by atoms with van der Waals surface area (Å²) in [7, 11) is 0. The molecule has 0 saturated heterocycles. The highest BCUT2D eigenvalue weighted by Gasteiger charge is 2.24. The fraction of sp³-hybridized carbons (Fsp3) is 0.286. The van der Waals surface area contributed by atoms with Gasteiger partial charge in [0, 0.05) is 11.8 Å². The van der Waals surface area contributed by atoms with Crippen LogP contribution in [-0.2, 0) is 23.8 Å². The van der Waals surface area contributed by atoms with Crippen LogP contribution in [0.2, 0.25) is 0 Å². The Bertz CT molecular complexity index is 704. The maximum Gasteiger partial charge on any atom is 0.377 e. The van der Waals surface area contributed by atoms with E-state index in [9.17, 15) is 24.1 Å². The summed E-state index contributed by atoms with van der Waals surface area (Å²) in [6.07, 6.45) is -0.132. The van der Waals surface area contributed by atoms with E-state index in [0.717, 1.165) is 24.5 Å². The Hall–Kier alpha value is -3.17. The molecule has 0 aliphatic carbocycles. The van der Waals surface area contributed by atoms with Gasteiger partial charge in [-0.2, -0.15) is 4.39 Å². The van der Waals surface area contributed by atoms with Crippen molar-refractivity contribution in [3.05, 3.63) is 46.2 Å². The number of nitrogens with one attached hydrogen (secondary N) is 1. The molecule has 1 aromatic carbocycles. The number of hydrogen-bond donors (Lipinski definition) is 1. The van der Waals surface area contributed by atoms with Crippen LogP contribution in [0.5, 0.6) is 0 Å². The topological polar surface area (TPSA) is 117 Å². The molecule has 1 aliphatic rings. The summed E-state index contributed by atoms with van der Waals surface area (Å²) in [5.41, 5.74) is -0.789. The molecule has 10 heteroatoms. The molecule has 1 N–H and O–H groups in total. The number of esters is 1. The van der Waals surface area contributed by atoms with Crippen LogP contribution in [0.15, 0.2) is 30.2 Å². The molecule has 0 unspecified atom stereocenters. The first kappa shape index (κ1) is 17.2. The highest BCUT2D eigenvalue weighted by molar-refractivity contribution is 5.96. The number of ether oxygens (including phenoxy) is 3. The van der Waals surface area contributed by atoms with Gasteiger partial charge < -0.3 is 19.5 Å². The number of amides is 1. The average Bonchev–Trinajstić information content (AvgIpc) is 2.57. The monoisotopic (exact) mass is 340 g/mol. The molecule has 0 spiro atoms. The van der Waals surface area contributed by atoms with Crippen LogP contribution in [0.25, 0.3) is 0 Å². The van der Waals surface area contributed by atoms with E-state index in [2.05, 4.69) is 5.32 Å². The second-order valence-corrected chi connectivity index (χ2v) is 4.66. The Labute approximate surface area is 135 Å². The Morgan fingerprint density at radius 3 is 2.79 bits per heavy atom. The van der Waals surface area contributed by atoms with E-state index in [4.69, 9.17) is 14.2 Å². The van der Waals surface area contributed by atoms with Crippen LogP contribution in [0.1, 0.15) is 6.92 Å². The Kier molecular flexibility index (Phi) is 5.30. The van der Waals surface area contributed by atoms with E-state index in [0.29, 0.717) is 6.61 Å². The van der Waals surface area contributed by atoms with Crippen LogP contribution < -0.4 is 5.32 Å². The molecule has 0 saturated carbocycles. The lowest BCUT2D eigenvalue weighted by Gasteiger charge is -2.17. The van der Waals surface area contributed by atoms with Crippen molar-refractivity contribution in [1.29, 1.82) is 0 Å². The van der Waals surface area contributed by atoms with Crippen molar-refractivity contribution in [2.24, 2.45) is 0 Å². The molecule has 1 amide bonds. The molecule has 0 aromatic heterocycles. The number of carbonyl (C=O) groups excluding carboxylic acids is 2. The number of anilines is 1. The molecule has 2 rings (SSSR count). The van der Waals surface area contributed by atoms with E-state index in [1.54, 1.807) is 0 Å². The van der Waals surface area contributed by atoms with Crippen LogP contribution in [0.4, 0.5) is 15.8 Å². The highest BCUT2D eigenvalue weighted by Crippen LogP contribution is 2.22. The van der Waals surface area contributed by atoms with Crippen LogP contribution in [0.3, 0.4) is 0 Å². The first-order valence-electron chi connectivity index (χ1n) is 6.79. The lowest BCUT2D eigenvalue weighted by Crippen LogP contribution is -2.31. The quantitative estimate of drug-likeness (QED) is 0.490. The largest absolute Gasteiger partial charge is 0.493 e. The number of rotatable bonds is 5. The molecule has 1 aromatic rings. The standard InChI is InChI=1S/C14H13FN2O7/c1-8(24-14(19)12-7-22-4-5-23-12)13(18)16-9-2-3-10(15)11(6-9)17(20)21/h2-3,6-8H,4-5H2,1H3,(H,16,18)/t8-/m1/s1. The van der Waals surface area contributed by atoms with Gasteiger partial charge in [-0.1, -0.05) is 0 Å². The summed E-state index contributed by atoms with van der Waals surface area (Å²) >= 11 is 0. The number of halogens is 1. The molecule has 0 radical (unpaired) electrons. The summed E-state index contributed by atoms with van der Waals surface area (Å²) in [5.74, 6) is -2.83. The molecular weight excluding hydrogens is 327 g/mol. The number of benzene rings is 1. The molecule has 128 valence electrons. The fourth-order valence-corrected chi connectivity index (χ4v) is 1.72. The van der Waals surface area contributed by atoms with Gasteiger partial charge in [-0.3, -0.25) is 14.9 Å². The van der Waals surface area contributed by atoms with Crippen molar-refractivity contribution < 1.29 is 33.1 Å². The molecular formula is C14H13FN2O7. The third-order valence-corrected chi connectivity index (χ3v) is 2.91. The molecule has 1 heterocycles. The molecule has 0 bridgehead atoms. The second-order valence-electron chi connectivity index (χ2n) is 4.66. The predicted molar refractivity (Wildman–Crippen MR) is 77.2 cm³/mol.